The van der Waals surface area contributed by atoms with Crippen LogP contribution in [0.3, 0.4) is 0 Å². The van der Waals surface area contributed by atoms with Crippen LogP contribution in [-0.4, -0.2) is 13.7 Å². The molecule has 0 saturated carbocycles. The van der Waals surface area contributed by atoms with E-state index in [2.05, 4.69) is 56.4 Å². The number of nitrogens with one attached hydrogen (secondary N) is 1. The molecule has 1 N–H and O–H groups in total. The summed E-state index contributed by atoms with van der Waals surface area (Å²) < 4.78 is 5.89. The number of aryl methyl sites for hydroxylation is 3. The highest BCUT2D eigenvalue weighted by Crippen LogP contribution is 2.19. The molecule has 0 aliphatic heterocycles. The molecule has 2 aromatic rings. The maximum absolute atomic E-state index is 5.89. The van der Waals surface area contributed by atoms with Crippen LogP contribution >= 0.6 is 0 Å². The first-order chi connectivity index (χ1) is 9.58. The monoisotopic (exact) mass is 269 g/mol. The van der Waals surface area contributed by atoms with Crippen molar-refractivity contribution >= 4 is 0 Å². The van der Waals surface area contributed by atoms with Gasteiger partial charge in [-0.05, 0) is 45.5 Å². The first-order valence-electron chi connectivity index (χ1n) is 7.03. The fourth-order valence-electron chi connectivity index (χ4n) is 2.37. The van der Waals surface area contributed by atoms with Crippen molar-refractivity contribution in [1.82, 2.24) is 5.32 Å². The van der Waals surface area contributed by atoms with Gasteiger partial charge in [-0.3, -0.25) is 0 Å². The van der Waals surface area contributed by atoms with E-state index in [1.165, 1.54) is 22.3 Å². The van der Waals surface area contributed by atoms with E-state index in [0.717, 1.165) is 5.75 Å². The number of ether oxygens (including phenoxy) is 1. The van der Waals surface area contributed by atoms with E-state index < -0.39 is 0 Å². The van der Waals surface area contributed by atoms with Gasteiger partial charge in [-0.1, -0.05) is 47.0 Å². The minimum atomic E-state index is 0.204. The maximum atomic E-state index is 5.89. The van der Waals surface area contributed by atoms with E-state index in [9.17, 15) is 0 Å². The van der Waals surface area contributed by atoms with Crippen LogP contribution in [0.1, 0.15) is 28.3 Å². The number of hydrogen-bond acceptors (Lipinski definition) is 2. The van der Waals surface area contributed by atoms with Gasteiger partial charge in [0, 0.05) is 0 Å². The molecule has 2 heteroatoms. The van der Waals surface area contributed by atoms with Crippen LogP contribution < -0.4 is 10.1 Å². The SMILES string of the molecule is CNC(COc1ccc(C)cc1)c1cc(C)cc(C)c1. The number of benzene rings is 2. The van der Waals surface area contributed by atoms with Crippen LogP contribution in [0.5, 0.6) is 5.75 Å². The average Bonchev–Trinajstić information content (AvgIpc) is 2.40. The van der Waals surface area contributed by atoms with E-state index in [1.807, 2.05) is 19.2 Å². The van der Waals surface area contributed by atoms with Crippen LogP contribution in [0.25, 0.3) is 0 Å². The molecule has 0 saturated heterocycles. The van der Waals surface area contributed by atoms with Crippen molar-refractivity contribution in [3.05, 3.63) is 64.7 Å². The summed E-state index contributed by atoms with van der Waals surface area (Å²) in [5.41, 5.74) is 5.10. The molecule has 1 unspecified atom stereocenters. The number of likely N-dealkylation sites (N-methyl/N-ethyl adjacent to an activating group) is 1. The van der Waals surface area contributed by atoms with Crippen molar-refractivity contribution in [3.63, 3.8) is 0 Å². The van der Waals surface area contributed by atoms with E-state index >= 15 is 0 Å². The first-order valence-corrected chi connectivity index (χ1v) is 7.03. The second-order valence-corrected chi connectivity index (χ2v) is 5.39. The van der Waals surface area contributed by atoms with Crippen molar-refractivity contribution in [2.24, 2.45) is 0 Å². The van der Waals surface area contributed by atoms with Gasteiger partial charge in [-0.25, -0.2) is 0 Å². The molecule has 0 spiro atoms. The highest BCUT2D eigenvalue weighted by atomic mass is 16.5. The molecule has 0 fully saturated rings. The molecule has 0 aliphatic rings. The van der Waals surface area contributed by atoms with Crippen molar-refractivity contribution in [1.29, 1.82) is 0 Å². The standard InChI is InChI=1S/C18H23NO/c1-13-5-7-17(8-6-13)20-12-18(19-4)16-10-14(2)9-15(3)11-16/h5-11,18-19H,12H2,1-4H3. The Morgan fingerprint density at radius 3 is 2.05 bits per heavy atom. The van der Waals surface area contributed by atoms with Gasteiger partial charge in [-0.2, -0.15) is 0 Å². The second-order valence-electron chi connectivity index (χ2n) is 5.39. The normalized spacial score (nSPS) is 12.2. The summed E-state index contributed by atoms with van der Waals surface area (Å²) in [5.74, 6) is 0.917. The third-order valence-electron chi connectivity index (χ3n) is 3.43. The Morgan fingerprint density at radius 2 is 1.50 bits per heavy atom. The zero-order valence-corrected chi connectivity index (χ0v) is 12.7. The summed E-state index contributed by atoms with van der Waals surface area (Å²) in [4.78, 5) is 0. The molecular weight excluding hydrogens is 246 g/mol. The van der Waals surface area contributed by atoms with Gasteiger partial charge >= 0.3 is 0 Å². The topological polar surface area (TPSA) is 21.3 Å². The summed E-state index contributed by atoms with van der Waals surface area (Å²) in [6.45, 7) is 6.96. The van der Waals surface area contributed by atoms with Gasteiger partial charge in [0.2, 0.25) is 0 Å². The summed E-state index contributed by atoms with van der Waals surface area (Å²) in [6.07, 6.45) is 0. The number of rotatable bonds is 5. The van der Waals surface area contributed by atoms with E-state index in [4.69, 9.17) is 4.74 Å². The van der Waals surface area contributed by atoms with Crippen molar-refractivity contribution in [2.45, 2.75) is 26.8 Å². The largest absolute Gasteiger partial charge is 0.492 e. The van der Waals surface area contributed by atoms with Crippen LogP contribution in [0, 0.1) is 20.8 Å². The third kappa shape index (κ3) is 3.84. The molecule has 2 rings (SSSR count). The lowest BCUT2D eigenvalue weighted by atomic mass is 10.0. The molecule has 0 heterocycles. The van der Waals surface area contributed by atoms with Crippen molar-refractivity contribution < 1.29 is 4.74 Å². The fraction of sp³-hybridized carbons (Fsp3) is 0.333. The van der Waals surface area contributed by atoms with Crippen molar-refractivity contribution in [3.8, 4) is 5.75 Å². The summed E-state index contributed by atoms with van der Waals surface area (Å²) >= 11 is 0. The smallest absolute Gasteiger partial charge is 0.119 e. The van der Waals surface area contributed by atoms with Gasteiger partial charge in [0.25, 0.3) is 0 Å². The Bertz CT molecular complexity index is 540. The lowest BCUT2D eigenvalue weighted by molar-refractivity contribution is 0.273. The first kappa shape index (κ1) is 14.6. The van der Waals surface area contributed by atoms with Gasteiger partial charge < -0.3 is 10.1 Å². The molecule has 0 bridgehead atoms. The fourth-order valence-corrected chi connectivity index (χ4v) is 2.37. The second kappa shape index (κ2) is 6.58. The predicted molar refractivity (Wildman–Crippen MR) is 84.4 cm³/mol. The molecule has 2 nitrogen and oxygen atoms in total. The molecule has 0 aromatic heterocycles. The third-order valence-corrected chi connectivity index (χ3v) is 3.43. The highest BCUT2D eigenvalue weighted by Gasteiger charge is 2.11. The van der Waals surface area contributed by atoms with Gasteiger partial charge in [0.15, 0.2) is 0 Å². The Balaban J connectivity index is 2.07. The highest BCUT2D eigenvalue weighted by molar-refractivity contribution is 5.31. The minimum absolute atomic E-state index is 0.204. The Morgan fingerprint density at radius 1 is 0.900 bits per heavy atom. The van der Waals surface area contributed by atoms with Crippen LogP contribution in [-0.2, 0) is 0 Å². The molecule has 20 heavy (non-hydrogen) atoms. The van der Waals surface area contributed by atoms with Crippen molar-refractivity contribution in [2.75, 3.05) is 13.7 Å². The quantitative estimate of drug-likeness (QED) is 0.887. The summed E-state index contributed by atoms with van der Waals surface area (Å²) in [7, 11) is 1.97. The van der Waals surface area contributed by atoms with Crippen LogP contribution in [0.15, 0.2) is 42.5 Å². The Hall–Kier alpha value is -1.80. The number of hydrogen-bond donors (Lipinski definition) is 1. The minimum Gasteiger partial charge on any atom is -0.492 e. The van der Waals surface area contributed by atoms with Crippen LogP contribution in [0.4, 0.5) is 0 Å². The zero-order valence-electron chi connectivity index (χ0n) is 12.7. The van der Waals surface area contributed by atoms with Gasteiger partial charge in [-0.15, -0.1) is 0 Å². The average molecular weight is 269 g/mol. The lowest BCUT2D eigenvalue weighted by Gasteiger charge is -2.18. The molecule has 0 radical (unpaired) electrons. The summed E-state index contributed by atoms with van der Waals surface area (Å²) in [6, 6.07) is 15.0. The van der Waals surface area contributed by atoms with Gasteiger partial charge in [0.05, 0.1) is 6.04 Å². The molecule has 0 aliphatic carbocycles. The molecule has 0 amide bonds. The Kier molecular flexibility index (Phi) is 4.80. The molecule has 2 aromatic carbocycles. The zero-order chi connectivity index (χ0) is 14.5. The summed E-state index contributed by atoms with van der Waals surface area (Å²) in [5, 5.41) is 3.33. The van der Waals surface area contributed by atoms with E-state index in [0.29, 0.717) is 6.61 Å². The van der Waals surface area contributed by atoms with Gasteiger partial charge in [0.1, 0.15) is 12.4 Å². The van der Waals surface area contributed by atoms with E-state index in [-0.39, 0.29) is 6.04 Å². The predicted octanol–water partition coefficient (Wildman–Crippen LogP) is 3.95. The molecule has 106 valence electrons. The maximum Gasteiger partial charge on any atom is 0.119 e. The van der Waals surface area contributed by atoms with Crippen LogP contribution in [0.2, 0.25) is 0 Å². The lowest BCUT2D eigenvalue weighted by Crippen LogP contribution is -2.23. The Labute approximate surface area is 121 Å². The molecule has 1 atom stereocenters. The molecular formula is C18H23NO. The van der Waals surface area contributed by atoms with E-state index in [1.54, 1.807) is 0 Å².